The molecule has 0 amide bonds. The predicted molar refractivity (Wildman–Crippen MR) is 108 cm³/mol. The highest BCUT2D eigenvalue weighted by molar-refractivity contribution is 5.83. The molecular weight excluding hydrogens is 354 g/mol. The van der Waals surface area contributed by atoms with Gasteiger partial charge in [0.25, 0.3) is 0 Å². The fraction of sp³-hybridized carbons (Fsp3) is 0.421. The van der Waals surface area contributed by atoms with E-state index in [1.165, 1.54) is 0 Å². The summed E-state index contributed by atoms with van der Waals surface area (Å²) in [5.41, 5.74) is 15.9. The van der Waals surface area contributed by atoms with Gasteiger partial charge in [0, 0.05) is 62.2 Å². The van der Waals surface area contributed by atoms with Crippen molar-refractivity contribution in [3.63, 3.8) is 0 Å². The number of rotatable bonds is 3. The Morgan fingerprint density at radius 3 is 2.79 bits per heavy atom. The smallest absolute Gasteiger partial charge is 0.165 e. The van der Waals surface area contributed by atoms with Crippen molar-refractivity contribution in [1.29, 1.82) is 0 Å². The summed E-state index contributed by atoms with van der Waals surface area (Å²) in [5, 5.41) is 14.4. The molecule has 5 heterocycles. The van der Waals surface area contributed by atoms with E-state index in [1.54, 1.807) is 9.20 Å². The second-order valence-corrected chi connectivity index (χ2v) is 7.60. The van der Waals surface area contributed by atoms with E-state index in [0.29, 0.717) is 11.7 Å². The Hall–Kier alpha value is -2.91. The van der Waals surface area contributed by atoms with E-state index < -0.39 is 0 Å². The fourth-order valence-corrected chi connectivity index (χ4v) is 4.19. The van der Waals surface area contributed by atoms with Gasteiger partial charge >= 0.3 is 0 Å². The summed E-state index contributed by atoms with van der Waals surface area (Å²) in [6.45, 7) is 2.72. The molecule has 146 valence electrons. The predicted octanol–water partition coefficient (Wildman–Crippen LogP) is 0.970. The van der Waals surface area contributed by atoms with Crippen molar-refractivity contribution in [1.82, 2.24) is 40.1 Å². The number of hydrogen-bond donors (Lipinski definition) is 3. The van der Waals surface area contributed by atoms with Crippen LogP contribution in [0.15, 0.2) is 24.8 Å². The molecule has 1 fully saturated rings. The summed E-state index contributed by atoms with van der Waals surface area (Å²) in [6.07, 6.45) is 10.0. The van der Waals surface area contributed by atoms with E-state index in [-0.39, 0.29) is 0 Å². The number of anilines is 1. The highest BCUT2D eigenvalue weighted by Gasteiger charge is 2.27. The number of fused-ring (bicyclic) bond motifs is 1. The van der Waals surface area contributed by atoms with Crippen LogP contribution in [0, 0.1) is 0 Å². The number of hydrogen-bond acceptors (Lipinski definition) is 7. The minimum atomic E-state index is 0.317. The molecule has 2 aliphatic heterocycles. The van der Waals surface area contributed by atoms with Crippen LogP contribution >= 0.6 is 0 Å². The standard InChI is InChI=1S/C19H25N9/c1-26-10-13(7-22-26)15-9-24-28-18(20)16(14-8-23-27(2)11-14)17(25-19(15)28)12-4-3-5-21-6-12/h8-12,21-22H,3-7,20H2,1-2H3. The largest absolute Gasteiger partial charge is 0.383 e. The zero-order valence-corrected chi connectivity index (χ0v) is 16.2. The maximum Gasteiger partial charge on any atom is 0.165 e. The maximum absolute atomic E-state index is 6.66. The molecule has 0 saturated carbocycles. The van der Waals surface area contributed by atoms with Gasteiger partial charge in [0.2, 0.25) is 0 Å². The quantitative estimate of drug-likeness (QED) is 0.623. The second-order valence-electron chi connectivity index (χ2n) is 7.60. The molecule has 0 radical (unpaired) electrons. The number of nitrogens with zero attached hydrogens (tertiary/aromatic N) is 6. The van der Waals surface area contributed by atoms with Crippen LogP contribution in [0.25, 0.3) is 22.3 Å². The Balaban J connectivity index is 1.73. The summed E-state index contributed by atoms with van der Waals surface area (Å²) in [4.78, 5) is 5.13. The highest BCUT2D eigenvalue weighted by Crippen LogP contribution is 2.37. The number of hydrazine groups is 1. The lowest BCUT2D eigenvalue weighted by Crippen LogP contribution is -2.29. The number of aryl methyl sites for hydroxylation is 1. The van der Waals surface area contributed by atoms with E-state index in [1.807, 2.05) is 37.7 Å². The van der Waals surface area contributed by atoms with Gasteiger partial charge in [-0.25, -0.2) is 10.4 Å². The maximum atomic E-state index is 6.66. The van der Waals surface area contributed by atoms with Gasteiger partial charge in [-0.1, -0.05) is 0 Å². The molecule has 5 rings (SSSR count). The monoisotopic (exact) mass is 379 g/mol. The summed E-state index contributed by atoms with van der Waals surface area (Å²) in [6, 6.07) is 0. The molecule has 9 heteroatoms. The van der Waals surface area contributed by atoms with Crippen molar-refractivity contribution in [2.24, 2.45) is 7.05 Å². The van der Waals surface area contributed by atoms with Crippen molar-refractivity contribution in [2.75, 3.05) is 32.4 Å². The SMILES string of the molecule is CN1C=C(c2cnn3c(N)c(-c4cnn(C)c4)c(C4CCCNC4)nc23)CN1. The van der Waals surface area contributed by atoms with Crippen LogP contribution in [0.2, 0.25) is 0 Å². The number of nitrogens with two attached hydrogens (primary N) is 1. The summed E-state index contributed by atoms with van der Waals surface area (Å²) < 4.78 is 3.55. The van der Waals surface area contributed by atoms with Crippen LogP contribution in [0.1, 0.15) is 30.0 Å². The Morgan fingerprint density at radius 2 is 2.11 bits per heavy atom. The van der Waals surface area contributed by atoms with Gasteiger partial charge in [0.05, 0.1) is 18.1 Å². The summed E-state index contributed by atoms with van der Waals surface area (Å²) in [5.74, 6) is 0.932. The van der Waals surface area contributed by atoms with Crippen molar-refractivity contribution < 1.29 is 0 Å². The highest BCUT2D eigenvalue weighted by atomic mass is 15.5. The molecular formula is C19H25N9. The minimum absolute atomic E-state index is 0.317. The molecule has 4 N–H and O–H groups in total. The molecule has 2 aliphatic rings. The van der Waals surface area contributed by atoms with Gasteiger partial charge in [-0.05, 0) is 25.0 Å². The van der Waals surface area contributed by atoms with Crippen LogP contribution in [-0.4, -0.2) is 56.1 Å². The lowest BCUT2D eigenvalue weighted by Gasteiger charge is -2.25. The second kappa shape index (κ2) is 6.61. The molecule has 0 spiro atoms. The van der Waals surface area contributed by atoms with E-state index in [9.17, 15) is 0 Å². The van der Waals surface area contributed by atoms with Crippen LogP contribution < -0.4 is 16.5 Å². The normalized spacial score (nSPS) is 20.1. The first kappa shape index (κ1) is 17.2. The fourth-order valence-electron chi connectivity index (χ4n) is 4.19. The number of aromatic nitrogens is 5. The Kier molecular flexibility index (Phi) is 4.06. The molecule has 0 bridgehead atoms. The van der Waals surface area contributed by atoms with Crippen molar-refractivity contribution in [3.05, 3.63) is 36.0 Å². The first-order valence-electron chi connectivity index (χ1n) is 9.66. The third-order valence-electron chi connectivity index (χ3n) is 5.60. The number of piperidine rings is 1. The van der Waals surface area contributed by atoms with Crippen LogP contribution in [0.5, 0.6) is 0 Å². The van der Waals surface area contributed by atoms with Crippen molar-refractivity contribution in [3.8, 4) is 11.1 Å². The van der Waals surface area contributed by atoms with E-state index >= 15 is 0 Å². The Labute approximate surface area is 163 Å². The topological polar surface area (TPSA) is 101 Å². The molecule has 3 aromatic heterocycles. The third-order valence-corrected chi connectivity index (χ3v) is 5.60. The first-order chi connectivity index (χ1) is 13.6. The van der Waals surface area contributed by atoms with Gasteiger partial charge in [0.15, 0.2) is 5.65 Å². The molecule has 0 aliphatic carbocycles. The molecule has 3 aromatic rings. The minimum Gasteiger partial charge on any atom is -0.383 e. The average molecular weight is 379 g/mol. The van der Waals surface area contributed by atoms with Crippen LogP contribution in [0.3, 0.4) is 0 Å². The van der Waals surface area contributed by atoms with Gasteiger partial charge in [-0.2, -0.15) is 14.7 Å². The zero-order valence-electron chi connectivity index (χ0n) is 16.2. The Bertz CT molecular complexity index is 1050. The third kappa shape index (κ3) is 2.74. The lowest BCUT2D eigenvalue weighted by atomic mass is 9.91. The Morgan fingerprint density at radius 1 is 1.21 bits per heavy atom. The molecule has 9 nitrogen and oxygen atoms in total. The van der Waals surface area contributed by atoms with Crippen LogP contribution in [-0.2, 0) is 7.05 Å². The van der Waals surface area contributed by atoms with Gasteiger partial charge in [0.1, 0.15) is 5.82 Å². The first-order valence-corrected chi connectivity index (χ1v) is 9.66. The van der Waals surface area contributed by atoms with Crippen molar-refractivity contribution in [2.45, 2.75) is 18.8 Å². The van der Waals surface area contributed by atoms with Gasteiger partial charge in [-0.3, -0.25) is 4.68 Å². The van der Waals surface area contributed by atoms with E-state index in [2.05, 4.69) is 27.1 Å². The lowest BCUT2D eigenvalue weighted by molar-refractivity contribution is 0.374. The molecule has 0 aromatic carbocycles. The molecule has 1 atom stereocenters. The van der Waals surface area contributed by atoms with E-state index in [0.717, 1.165) is 66.1 Å². The van der Waals surface area contributed by atoms with Crippen molar-refractivity contribution >= 4 is 17.0 Å². The zero-order chi connectivity index (χ0) is 19.3. The van der Waals surface area contributed by atoms with Crippen LogP contribution in [0.4, 0.5) is 5.82 Å². The van der Waals surface area contributed by atoms with Gasteiger partial charge in [-0.15, -0.1) is 0 Å². The summed E-state index contributed by atoms with van der Waals surface area (Å²) >= 11 is 0. The molecule has 28 heavy (non-hydrogen) atoms. The van der Waals surface area contributed by atoms with E-state index in [4.69, 9.17) is 10.7 Å². The molecule has 1 saturated heterocycles. The number of nitrogen functional groups attached to an aromatic ring is 1. The average Bonchev–Trinajstić information content (AvgIpc) is 3.42. The number of nitrogens with one attached hydrogen (secondary N) is 2. The van der Waals surface area contributed by atoms with Gasteiger partial charge < -0.3 is 16.1 Å². The summed E-state index contributed by atoms with van der Waals surface area (Å²) in [7, 11) is 3.90. The molecule has 1 unspecified atom stereocenters.